The van der Waals surface area contributed by atoms with Crippen molar-refractivity contribution in [1.82, 2.24) is 0 Å². The van der Waals surface area contributed by atoms with E-state index in [0.717, 1.165) is 10.0 Å². The zero-order chi connectivity index (χ0) is 22.4. The minimum Gasteiger partial charge on any atom is -0.494 e. The van der Waals surface area contributed by atoms with Gasteiger partial charge in [-0.2, -0.15) is 0 Å². The van der Waals surface area contributed by atoms with E-state index in [1.807, 2.05) is 55.5 Å². The Hall–Kier alpha value is -3.09. The smallest absolute Gasteiger partial charge is 0.295 e. The first-order valence-corrected chi connectivity index (χ1v) is 11.2. The summed E-state index contributed by atoms with van der Waals surface area (Å²) < 4.78 is 12.5. The van der Waals surface area contributed by atoms with Crippen molar-refractivity contribution < 1.29 is 13.9 Å². The molecule has 1 aliphatic rings. The number of benzene rings is 3. The van der Waals surface area contributed by atoms with Gasteiger partial charge in [-0.05, 0) is 61.0 Å². The maximum Gasteiger partial charge on any atom is 0.295 e. The van der Waals surface area contributed by atoms with E-state index in [4.69, 9.17) is 20.8 Å². The highest BCUT2D eigenvalue weighted by Crippen LogP contribution is 2.42. The molecule has 3 aromatic carbocycles. The molecule has 32 heavy (non-hydrogen) atoms. The molecule has 0 saturated heterocycles. The molecule has 0 saturated carbocycles. The summed E-state index contributed by atoms with van der Waals surface area (Å²) in [5.74, 6) is 0.323. The Morgan fingerprint density at radius 1 is 1.06 bits per heavy atom. The third kappa shape index (κ3) is 3.40. The molecule has 0 spiro atoms. The van der Waals surface area contributed by atoms with Gasteiger partial charge in [0, 0.05) is 15.2 Å². The number of amides is 1. The number of hydrogen-bond acceptors (Lipinski definition) is 4. The molecule has 1 atom stereocenters. The highest BCUT2D eigenvalue weighted by molar-refractivity contribution is 9.10. The second-order valence-electron chi connectivity index (χ2n) is 7.38. The highest BCUT2D eigenvalue weighted by atomic mass is 79.9. The minimum atomic E-state index is -0.674. The highest BCUT2D eigenvalue weighted by Gasteiger charge is 2.43. The molecular formula is C25H17BrClNO4. The summed E-state index contributed by atoms with van der Waals surface area (Å²) in [6.07, 6.45) is 0. The molecule has 160 valence electrons. The van der Waals surface area contributed by atoms with Gasteiger partial charge in [0.2, 0.25) is 5.76 Å². The molecule has 0 radical (unpaired) electrons. The van der Waals surface area contributed by atoms with E-state index in [1.165, 1.54) is 0 Å². The minimum absolute atomic E-state index is 0.0385. The fourth-order valence-electron chi connectivity index (χ4n) is 4.09. The van der Waals surface area contributed by atoms with Gasteiger partial charge in [-0.1, -0.05) is 45.7 Å². The molecule has 0 bridgehead atoms. The van der Waals surface area contributed by atoms with Crippen LogP contribution in [0.5, 0.6) is 5.75 Å². The SMILES string of the molecule is CCOc1cccc(C2c3c(oc4ccc(Cl)cc4c3=O)C(=O)N2c2cccc(Br)c2)c1. The van der Waals surface area contributed by atoms with Gasteiger partial charge in [-0.25, -0.2) is 0 Å². The fraction of sp³-hybridized carbons (Fsp3) is 0.120. The standard InChI is InChI=1S/C25H17BrClNO4/c1-2-31-18-8-3-5-14(11-18)22-21-23(29)19-13-16(27)9-10-20(19)32-24(21)25(30)28(22)17-7-4-6-15(26)12-17/h3-13,22H,2H2,1H3. The Morgan fingerprint density at radius 2 is 1.88 bits per heavy atom. The van der Waals surface area contributed by atoms with E-state index < -0.39 is 6.04 Å². The average Bonchev–Trinajstić information content (AvgIpc) is 3.07. The number of carbonyl (C=O) groups excluding carboxylic acids is 1. The van der Waals surface area contributed by atoms with Gasteiger partial charge in [-0.15, -0.1) is 0 Å². The van der Waals surface area contributed by atoms with Crippen LogP contribution in [0.4, 0.5) is 5.69 Å². The predicted molar refractivity (Wildman–Crippen MR) is 128 cm³/mol. The first-order valence-electron chi connectivity index (χ1n) is 10.1. The van der Waals surface area contributed by atoms with Crippen LogP contribution in [0, 0.1) is 0 Å². The molecule has 7 heteroatoms. The van der Waals surface area contributed by atoms with E-state index in [9.17, 15) is 9.59 Å². The van der Waals surface area contributed by atoms with Gasteiger partial charge in [0.25, 0.3) is 5.91 Å². The van der Waals surface area contributed by atoms with Crippen molar-refractivity contribution in [2.24, 2.45) is 0 Å². The average molecular weight is 511 g/mol. The molecule has 1 amide bonds. The van der Waals surface area contributed by atoms with Gasteiger partial charge < -0.3 is 9.15 Å². The van der Waals surface area contributed by atoms with E-state index in [1.54, 1.807) is 23.1 Å². The van der Waals surface area contributed by atoms with Crippen LogP contribution in [0.3, 0.4) is 0 Å². The Morgan fingerprint density at radius 3 is 2.66 bits per heavy atom. The van der Waals surface area contributed by atoms with Crippen LogP contribution >= 0.6 is 27.5 Å². The summed E-state index contributed by atoms with van der Waals surface area (Å²) in [5.41, 5.74) is 1.73. The van der Waals surface area contributed by atoms with Gasteiger partial charge in [0.1, 0.15) is 11.3 Å². The normalized spacial score (nSPS) is 15.3. The first-order chi connectivity index (χ1) is 15.5. The second-order valence-corrected chi connectivity index (χ2v) is 8.73. The van der Waals surface area contributed by atoms with Crippen LogP contribution in [-0.4, -0.2) is 12.5 Å². The Bertz CT molecular complexity index is 1430. The summed E-state index contributed by atoms with van der Waals surface area (Å²) in [7, 11) is 0. The molecule has 1 aromatic heterocycles. The van der Waals surface area contributed by atoms with Crippen molar-refractivity contribution in [1.29, 1.82) is 0 Å². The van der Waals surface area contributed by atoms with Crippen LogP contribution in [0.15, 0.2) is 80.4 Å². The predicted octanol–water partition coefficient (Wildman–Crippen LogP) is 6.36. The van der Waals surface area contributed by atoms with Gasteiger partial charge in [0.05, 0.1) is 23.6 Å². The van der Waals surface area contributed by atoms with Crippen molar-refractivity contribution in [3.63, 3.8) is 0 Å². The van der Waals surface area contributed by atoms with Crippen LogP contribution in [0.2, 0.25) is 5.02 Å². The lowest BCUT2D eigenvalue weighted by Gasteiger charge is -2.25. The van der Waals surface area contributed by atoms with Crippen molar-refractivity contribution in [2.45, 2.75) is 13.0 Å². The molecule has 0 N–H and O–H groups in total. The Labute approximate surface area is 197 Å². The van der Waals surface area contributed by atoms with Crippen LogP contribution < -0.4 is 15.1 Å². The summed E-state index contributed by atoms with van der Waals surface area (Å²) in [6, 6.07) is 18.9. The third-order valence-electron chi connectivity index (χ3n) is 5.40. The lowest BCUT2D eigenvalue weighted by molar-refractivity contribution is 0.0971. The summed E-state index contributed by atoms with van der Waals surface area (Å²) in [6.45, 7) is 2.41. The molecule has 1 unspecified atom stereocenters. The number of carbonyl (C=O) groups is 1. The quantitative estimate of drug-likeness (QED) is 0.321. The maximum atomic E-state index is 13.6. The van der Waals surface area contributed by atoms with Gasteiger partial charge in [-0.3, -0.25) is 14.5 Å². The van der Waals surface area contributed by atoms with Crippen molar-refractivity contribution in [3.8, 4) is 5.75 Å². The largest absolute Gasteiger partial charge is 0.494 e. The summed E-state index contributed by atoms with van der Waals surface area (Å²) >= 11 is 9.61. The second kappa shape index (κ2) is 8.11. The molecule has 0 aliphatic carbocycles. The van der Waals surface area contributed by atoms with Gasteiger partial charge >= 0.3 is 0 Å². The molecule has 2 heterocycles. The van der Waals surface area contributed by atoms with Crippen molar-refractivity contribution in [3.05, 3.63) is 103 Å². The third-order valence-corrected chi connectivity index (χ3v) is 6.13. The topological polar surface area (TPSA) is 59.8 Å². The maximum absolute atomic E-state index is 13.6. The number of hydrogen-bond donors (Lipinski definition) is 0. The first kappa shape index (κ1) is 20.8. The van der Waals surface area contributed by atoms with E-state index >= 15 is 0 Å². The number of rotatable bonds is 4. The van der Waals surface area contributed by atoms with Gasteiger partial charge in [0.15, 0.2) is 5.43 Å². The molecule has 5 rings (SSSR count). The summed E-state index contributed by atoms with van der Waals surface area (Å²) in [5, 5.41) is 0.763. The van der Waals surface area contributed by atoms with Crippen LogP contribution in [0.1, 0.15) is 34.6 Å². The number of ether oxygens (including phenoxy) is 1. The van der Waals surface area contributed by atoms with Crippen LogP contribution in [-0.2, 0) is 0 Å². The molecule has 1 aliphatic heterocycles. The van der Waals surface area contributed by atoms with Crippen molar-refractivity contribution in [2.75, 3.05) is 11.5 Å². The number of anilines is 1. The lowest BCUT2D eigenvalue weighted by atomic mass is 9.98. The zero-order valence-corrected chi connectivity index (χ0v) is 19.3. The monoisotopic (exact) mass is 509 g/mol. The lowest BCUT2D eigenvalue weighted by Crippen LogP contribution is -2.29. The van der Waals surface area contributed by atoms with Crippen molar-refractivity contribution >= 4 is 50.1 Å². The van der Waals surface area contributed by atoms with E-state index in [2.05, 4.69) is 15.9 Å². The molecular weight excluding hydrogens is 494 g/mol. The molecule has 0 fully saturated rings. The number of halogens is 2. The fourth-order valence-corrected chi connectivity index (χ4v) is 4.65. The molecule has 4 aromatic rings. The van der Waals surface area contributed by atoms with Crippen LogP contribution in [0.25, 0.3) is 11.0 Å². The van der Waals surface area contributed by atoms with E-state index in [-0.39, 0.29) is 17.1 Å². The Balaban J connectivity index is 1.80. The zero-order valence-electron chi connectivity index (χ0n) is 17.0. The number of nitrogens with zero attached hydrogens (tertiary/aromatic N) is 1. The summed E-state index contributed by atoms with van der Waals surface area (Å²) in [4.78, 5) is 28.8. The Kier molecular flexibility index (Phi) is 5.27. The number of fused-ring (bicyclic) bond motifs is 2. The molecule has 5 nitrogen and oxygen atoms in total. The van der Waals surface area contributed by atoms with E-state index in [0.29, 0.717) is 39.6 Å².